The first-order valence-corrected chi connectivity index (χ1v) is 10.4. The molecule has 0 aliphatic carbocycles. The Kier molecular flexibility index (Phi) is 5.98. The van der Waals surface area contributed by atoms with Crippen LogP contribution in [-0.2, 0) is 13.0 Å². The minimum Gasteiger partial charge on any atom is -0.421 e. The van der Waals surface area contributed by atoms with Gasteiger partial charge in [0.25, 0.3) is 11.5 Å². The van der Waals surface area contributed by atoms with Crippen molar-refractivity contribution in [3.05, 3.63) is 99.3 Å². The fourth-order valence-electron chi connectivity index (χ4n) is 3.50. The summed E-state index contributed by atoms with van der Waals surface area (Å²) in [5.41, 5.74) is 3.73. The summed E-state index contributed by atoms with van der Waals surface area (Å²) in [7, 11) is 0. The van der Waals surface area contributed by atoms with Crippen molar-refractivity contribution in [1.82, 2.24) is 14.8 Å². The molecule has 1 amide bonds. The molecule has 162 valence electrons. The van der Waals surface area contributed by atoms with Gasteiger partial charge in [-0.1, -0.05) is 36.4 Å². The van der Waals surface area contributed by atoms with Gasteiger partial charge in [-0.05, 0) is 55.2 Å². The number of nitrogens with zero attached hydrogens (tertiary/aromatic N) is 3. The molecule has 32 heavy (non-hydrogen) atoms. The minimum absolute atomic E-state index is 0.138. The molecule has 1 N–H and O–H groups in total. The fraction of sp³-hybridized carbons (Fsp3) is 0.200. The Morgan fingerprint density at radius 1 is 1.00 bits per heavy atom. The standard InChI is InChI=1S/C25H24N4O3/c1-16-9-10-20(24-28-27-18(3)32-24)15-21(16)26-23(30)22-17(2)11-13-29(25(22)31)14-12-19-7-5-4-6-8-19/h4-11,13,15H,12,14H2,1-3H3,(H,26,30). The zero-order valence-electron chi connectivity index (χ0n) is 18.3. The number of carbonyl (C=O) groups excluding carboxylic acids is 1. The third kappa shape index (κ3) is 4.51. The maximum Gasteiger partial charge on any atom is 0.263 e. The van der Waals surface area contributed by atoms with Crippen molar-refractivity contribution in [2.45, 2.75) is 33.7 Å². The van der Waals surface area contributed by atoms with Crippen LogP contribution in [0.3, 0.4) is 0 Å². The topological polar surface area (TPSA) is 90.0 Å². The van der Waals surface area contributed by atoms with Crippen LogP contribution in [0.1, 0.15) is 32.9 Å². The molecule has 0 aliphatic rings. The van der Waals surface area contributed by atoms with E-state index in [9.17, 15) is 9.59 Å². The number of aryl methyl sites for hydroxylation is 5. The van der Waals surface area contributed by atoms with E-state index in [0.29, 0.717) is 41.6 Å². The van der Waals surface area contributed by atoms with Gasteiger partial charge in [0.1, 0.15) is 5.56 Å². The summed E-state index contributed by atoms with van der Waals surface area (Å²) < 4.78 is 7.07. The summed E-state index contributed by atoms with van der Waals surface area (Å²) in [5, 5.41) is 10.8. The molecule has 0 spiro atoms. The van der Waals surface area contributed by atoms with E-state index in [1.54, 1.807) is 36.7 Å². The zero-order valence-corrected chi connectivity index (χ0v) is 18.3. The van der Waals surface area contributed by atoms with Gasteiger partial charge in [-0.15, -0.1) is 10.2 Å². The van der Waals surface area contributed by atoms with Crippen molar-refractivity contribution in [1.29, 1.82) is 0 Å². The third-order valence-electron chi connectivity index (χ3n) is 5.34. The Balaban J connectivity index is 1.59. The average molecular weight is 428 g/mol. The van der Waals surface area contributed by atoms with Crippen LogP contribution >= 0.6 is 0 Å². The molecule has 0 saturated heterocycles. The lowest BCUT2D eigenvalue weighted by Crippen LogP contribution is -2.30. The lowest BCUT2D eigenvalue weighted by Gasteiger charge is -2.13. The van der Waals surface area contributed by atoms with Crippen molar-refractivity contribution in [2.75, 3.05) is 5.32 Å². The molecule has 0 unspecified atom stereocenters. The summed E-state index contributed by atoms with van der Waals surface area (Å²) in [4.78, 5) is 26.2. The van der Waals surface area contributed by atoms with E-state index in [-0.39, 0.29) is 11.1 Å². The predicted molar refractivity (Wildman–Crippen MR) is 123 cm³/mol. The molecule has 0 fully saturated rings. The number of hydrogen-bond donors (Lipinski definition) is 1. The molecule has 2 aromatic carbocycles. The van der Waals surface area contributed by atoms with E-state index in [1.165, 1.54) is 0 Å². The molecule has 0 radical (unpaired) electrons. The number of anilines is 1. The Morgan fingerprint density at radius 3 is 2.50 bits per heavy atom. The first-order chi connectivity index (χ1) is 15.4. The second-order valence-electron chi connectivity index (χ2n) is 7.72. The summed E-state index contributed by atoms with van der Waals surface area (Å²) in [6, 6.07) is 17.2. The number of nitrogens with one attached hydrogen (secondary N) is 1. The van der Waals surface area contributed by atoms with E-state index in [4.69, 9.17) is 4.42 Å². The highest BCUT2D eigenvalue weighted by Gasteiger charge is 2.18. The van der Waals surface area contributed by atoms with Gasteiger partial charge in [-0.25, -0.2) is 0 Å². The van der Waals surface area contributed by atoms with Crippen LogP contribution in [-0.4, -0.2) is 20.7 Å². The number of rotatable bonds is 6. The van der Waals surface area contributed by atoms with Gasteiger partial charge in [0.15, 0.2) is 0 Å². The first-order valence-electron chi connectivity index (χ1n) is 10.4. The van der Waals surface area contributed by atoms with Crippen LogP contribution in [0.15, 0.2) is 70.0 Å². The van der Waals surface area contributed by atoms with Gasteiger partial charge in [-0.3, -0.25) is 9.59 Å². The summed E-state index contributed by atoms with van der Waals surface area (Å²) >= 11 is 0. The molecule has 4 rings (SSSR count). The molecule has 0 bridgehead atoms. The van der Waals surface area contributed by atoms with Gasteiger partial charge in [0, 0.05) is 30.9 Å². The maximum atomic E-state index is 13.1. The Bertz CT molecular complexity index is 1320. The molecule has 2 heterocycles. The number of carbonyl (C=O) groups is 1. The molecule has 0 atom stereocenters. The fourth-order valence-corrected chi connectivity index (χ4v) is 3.50. The molecule has 4 aromatic rings. The van der Waals surface area contributed by atoms with E-state index in [1.807, 2.05) is 49.4 Å². The number of pyridine rings is 1. The van der Waals surface area contributed by atoms with Gasteiger partial charge in [0.2, 0.25) is 11.8 Å². The van der Waals surface area contributed by atoms with Gasteiger partial charge < -0.3 is 14.3 Å². The van der Waals surface area contributed by atoms with Crippen molar-refractivity contribution in [3.8, 4) is 11.5 Å². The zero-order chi connectivity index (χ0) is 22.7. The summed E-state index contributed by atoms with van der Waals surface area (Å²) in [5.74, 6) is 0.391. The van der Waals surface area contributed by atoms with Crippen LogP contribution in [0.5, 0.6) is 0 Å². The quantitative estimate of drug-likeness (QED) is 0.494. The Hall–Kier alpha value is -4.00. The average Bonchev–Trinajstić information content (AvgIpc) is 3.22. The van der Waals surface area contributed by atoms with Crippen molar-refractivity contribution >= 4 is 11.6 Å². The van der Waals surface area contributed by atoms with Crippen molar-refractivity contribution in [3.63, 3.8) is 0 Å². The van der Waals surface area contributed by atoms with E-state index in [0.717, 1.165) is 11.1 Å². The summed E-state index contributed by atoms with van der Waals surface area (Å²) in [6.07, 6.45) is 2.44. The van der Waals surface area contributed by atoms with E-state index in [2.05, 4.69) is 15.5 Å². The smallest absolute Gasteiger partial charge is 0.263 e. The highest BCUT2D eigenvalue weighted by Crippen LogP contribution is 2.25. The molecular formula is C25H24N4O3. The van der Waals surface area contributed by atoms with Crippen molar-refractivity contribution < 1.29 is 9.21 Å². The van der Waals surface area contributed by atoms with Gasteiger partial charge in [0.05, 0.1) is 0 Å². The second kappa shape index (κ2) is 9.01. The predicted octanol–water partition coefficient (Wildman–Crippen LogP) is 4.32. The van der Waals surface area contributed by atoms with Crippen LogP contribution in [0.4, 0.5) is 5.69 Å². The molecular weight excluding hydrogens is 404 g/mol. The Morgan fingerprint density at radius 2 is 1.78 bits per heavy atom. The van der Waals surface area contributed by atoms with E-state index < -0.39 is 5.91 Å². The lowest BCUT2D eigenvalue weighted by molar-refractivity contribution is 0.102. The number of aromatic nitrogens is 3. The number of benzene rings is 2. The molecule has 0 saturated carbocycles. The van der Waals surface area contributed by atoms with Crippen LogP contribution in [0, 0.1) is 20.8 Å². The number of hydrogen-bond acceptors (Lipinski definition) is 5. The minimum atomic E-state index is -0.441. The normalized spacial score (nSPS) is 10.8. The highest BCUT2D eigenvalue weighted by molar-refractivity contribution is 6.05. The molecule has 0 aliphatic heterocycles. The van der Waals surface area contributed by atoms with Crippen molar-refractivity contribution in [2.24, 2.45) is 0 Å². The van der Waals surface area contributed by atoms with Gasteiger partial charge in [-0.2, -0.15) is 0 Å². The third-order valence-corrected chi connectivity index (χ3v) is 5.34. The largest absolute Gasteiger partial charge is 0.421 e. The highest BCUT2D eigenvalue weighted by atomic mass is 16.4. The molecule has 2 aromatic heterocycles. The SMILES string of the molecule is Cc1nnc(-c2ccc(C)c(NC(=O)c3c(C)ccn(CCc4ccccc4)c3=O)c2)o1. The molecule has 7 nitrogen and oxygen atoms in total. The van der Waals surface area contributed by atoms with Crippen LogP contribution in [0.25, 0.3) is 11.5 Å². The second-order valence-corrected chi connectivity index (χ2v) is 7.72. The summed E-state index contributed by atoms with van der Waals surface area (Å²) in [6.45, 7) is 5.86. The van der Waals surface area contributed by atoms with Gasteiger partial charge >= 0.3 is 0 Å². The number of amides is 1. The van der Waals surface area contributed by atoms with Crippen LogP contribution < -0.4 is 10.9 Å². The monoisotopic (exact) mass is 428 g/mol. The lowest BCUT2D eigenvalue weighted by atomic mass is 10.1. The maximum absolute atomic E-state index is 13.1. The first kappa shape index (κ1) is 21.2. The van der Waals surface area contributed by atoms with E-state index >= 15 is 0 Å². The molecule has 7 heteroatoms. The van der Waals surface area contributed by atoms with Crippen LogP contribution in [0.2, 0.25) is 0 Å². The Labute approximate surface area is 185 Å².